The third-order valence-corrected chi connectivity index (χ3v) is 2.35. The van der Waals surface area contributed by atoms with Gasteiger partial charge >= 0.3 is 5.97 Å². The van der Waals surface area contributed by atoms with Crippen LogP contribution in [0.5, 0.6) is 0 Å². The number of rotatable bonds is 6. The summed E-state index contributed by atoms with van der Waals surface area (Å²) in [7, 11) is 0. The van der Waals surface area contributed by atoms with Gasteiger partial charge in [-0.1, -0.05) is 5.11 Å². The number of ether oxygens (including phenoxy) is 1. The summed E-state index contributed by atoms with van der Waals surface area (Å²) in [5.41, 5.74) is 7.87. The molecule has 0 saturated heterocycles. The van der Waals surface area contributed by atoms with Gasteiger partial charge in [-0.05, 0) is 44.4 Å². The first kappa shape index (κ1) is 15.1. The summed E-state index contributed by atoms with van der Waals surface area (Å²) in [6, 6.07) is 3.62. The van der Waals surface area contributed by atoms with Crippen molar-refractivity contribution in [2.45, 2.75) is 39.2 Å². The van der Waals surface area contributed by atoms with E-state index < -0.39 is 5.60 Å². The number of azide groups is 1. The van der Waals surface area contributed by atoms with Crippen LogP contribution in [0.25, 0.3) is 10.4 Å². The molecule has 0 radical (unpaired) electrons. The smallest absolute Gasteiger partial charge is 0.306 e. The third-order valence-electron chi connectivity index (χ3n) is 2.35. The minimum absolute atomic E-state index is 0.114. The minimum atomic E-state index is -0.509. The molecule has 1 aromatic heterocycles. The van der Waals surface area contributed by atoms with E-state index in [2.05, 4.69) is 10.0 Å². The van der Waals surface area contributed by atoms with E-state index in [0.717, 1.165) is 5.76 Å². The highest BCUT2D eigenvalue weighted by atomic mass is 16.6. The van der Waals surface area contributed by atoms with Gasteiger partial charge in [-0.25, -0.2) is 0 Å². The molecule has 6 heteroatoms. The third kappa shape index (κ3) is 6.52. The Morgan fingerprint density at radius 2 is 2.32 bits per heavy atom. The topological polar surface area (TPSA) is 88.2 Å². The van der Waals surface area contributed by atoms with Gasteiger partial charge in [0.1, 0.15) is 11.4 Å². The van der Waals surface area contributed by atoms with Crippen molar-refractivity contribution in [1.29, 1.82) is 0 Å². The lowest BCUT2D eigenvalue weighted by Crippen LogP contribution is -2.26. The van der Waals surface area contributed by atoms with Gasteiger partial charge in [0, 0.05) is 24.3 Å². The largest absolute Gasteiger partial charge is 0.469 e. The molecule has 1 heterocycles. The van der Waals surface area contributed by atoms with E-state index in [1.807, 2.05) is 26.8 Å². The Morgan fingerprint density at radius 3 is 2.84 bits per heavy atom. The van der Waals surface area contributed by atoms with Crippen molar-refractivity contribution in [2.24, 2.45) is 11.0 Å². The Morgan fingerprint density at radius 1 is 1.58 bits per heavy atom. The van der Waals surface area contributed by atoms with Gasteiger partial charge < -0.3 is 9.15 Å². The molecule has 0 saturated carbocycles. The zero-order valence-electron chi connectivity index (χ0n) is 11.5. The zero-order chi connectivity index (χ0) is 14.3. The lowest BCUT2D eigenvalue weighted by Gasteiger charge is -2.21. The van der Waals surface area contributed by atoms with E-state index in [1.165, 1.54) is 0 Å². The summed E-state index contributed by atoms with van der Waals surface area (Å²) in [6.45, 7) is 5.70. The lowest BCUT2D eigenvalue weighted by molar-refractivity contribution is -0.155. The van der Waals surface area contributed by atoms with Crippen LogP contribution in [0.15, 0.2) is 27.9 Å². The van der Waals surface area contributed by atoms with Gasteiger partial charge in [-0.2, -0.15) is 0 Å². The molecule has 6 nitrogen and oxygen atoms in total. The monoisotopic (exact) mass is 265 g/mol. The molecule has 0 aromatic carbocycles. The zero-order valence-corrected chi connectivity index (χ0v) is 11.5. The normalized spacial score (nSPS) is 12.6. The maximum absolute atomic E-state index is 11.8. The summed E-state index contributed by atoms with van der Waals surface area (Å²) in [5.74, 6) is 0.357. The summed E-state index contributed by atoms with van der Waals surface area (Å²) >= 11 is 0. The first-order valence-corrected chi connectivity index (χ1v) is 6.16. The van der Waals surface area contributed by atoms with Crippen LogP contribution in [-0.4, -0.2) is 18.1 Å². The second-order valence-corrected chi connectivity index (χ2v) is 5.35. The van der Waals surface area contributed by atoms with E-state index in [4.69, 9.17) is 14.7 Å². The van der Waals surface area contributed by atoms with Gasteiger partial charge in [-0.15, -0.1) is 0 Å². The van der Waals surface area contributed by atoms with Crippen LogP contribution in [-0.2, 0) is 16.0 Å². The molecular formula is C13H19N3O3. The Kier molecular flexibility index (Phi) is 5.45. The van der Waals surface area contributed by atoms with Crippen LogP contribution in [0.4, 0.5) is 0 Å². The van der Waals surface area contributed by atoms with Gasteiger partial charge in [0.05, 0.1) is 6.26 Å². The maximum atomic E-state index is 11.8. The van der Waals surface area contributed by atoms with Crippen LogP contribution in [0.2, 0.25) is 0 Å². The Bertz CT molecular complexity index is 442. The van der Waals surface area contributed by atoms with Crippen molar-refractivity contribution in [3.8, 4) is 0 Å². The molecule has 0 aliphatic heterocycles. The summed E-state index contributed by atoms with van der Waals surface area (Å²) in [6.07, 6.45) is 2.33. The number of furan rings is 1. The Labute approximate surface area is 112 Å². The average molecular weight is 265 g/mol. The molecule has 1 rings (SSSR count). The molecule has 1 atom stereocenters. The van der Waals surface area contributed by atoms with E-state index >= 15 is 0 Å². The fourth-order valence-electron chi connectivity index (χ4n) is 1.69. The molecular weight excluding hydrogens is 246 g/mol. The SMILES string of the molecule is CC(C)(C)OC(=O)C[C@@H](CN=[N+]=[N-])Cc1ccco1. The minimum Gasteiger partial charge on any atom is -0.469 e. The quantitative estimate of drug-likeness (QED) is 0.341. The molecule has 0 fully saturated rings. The molecule has 104 valence electrons. The van der Waals surface area contributed by atoms with Crippen molar-refractivity contribution < 1.29 is 13.9 Å². The molecule has 19 heavy (non-hydrogen) atoms. The van der Waals surface area contributed by atoms with Crippen LogP contribution in [0, 0.1) is 5.92 Å². The molecule has 0 unspecified atom stereocenters. The summed E-state index contributed by atoms with van der Waals surface area (Å²) in [5, 5.41) is 3.53. The van der Waals surface area contributed by atoms with E-state index in [-0.39, 0.29) is 24.9 Å². The van der Waals surface area contributed by atoms with Crippen molar-refractivity contribution >= 4 is 5.97 Å². The second-order valence-electron chi connectivity index (χ2n) is 5.35. The van der Waals surface area contributed by atoms with Gasteiger partial charge in [0.15, 0.2) is 0 Å². The number of esters is 1. The lowest BCUT2D eigenvalue weighted by atomic mass is 10.00. The molecule has 0 amide bonds. The van der Waals surface area contributed by atoms with Crippen LogP contribution in [0.1, 0.15) is 33.0 Å². The predicted molar refractivity (Wildman–Crippen MR) is 70.4 cm³/mol. The van der Waals surface area contributed by atoms with Crippen molar-refractivity contribution in [1.82, 2.24) is 0 Å². The molecule has 0 aliphatic carbocycles. The summed E-state index contributed by atoms with van der Waals surface area (Å²) < 4.78 is 10.5. The highest BCUT2D eigenvalue weighted by molar-refractivity contribution is 5.70. The first-order chi connectivity index (χ1) is 8.90. The fourth-order valence-corrected chi connectivity index (χ4v) is 1.69. The molecule has 0 spiro atoms. The number of hydrogen-bond donors (Lipinski definition) is 0. The van der Waals surface area contributed by atoms with E-state index in [0.29, 0.717) is 6.42 Å². The Balaban J connectivity index is 2.58. The van der Waals surface area contributed by atoms with Crippen molar-refractivity contribution in [3.63, 3.8) is 0 Å². The Hall–Kier alpha value is -1.94. The predicted octanol–water partition coefficient (Wildman–Crippen LogP) is 3.48. The second kappa shape index (κ2) is 6.85. The highest BCUT2D eigenvalue weighted by Crippen LogP contribution is 2.17. The van der Waals surface area contributed by atoms with Crippen molar-refractivity contribution in [3.05, 3.63) is 34.6 Å². The van der Waals surface area contributed by atoms with Crippen molar-refractivity contribution in [2.75, 3.05) is 6.54 Å². The number of carbonyl (C=O) groups excluding carboxylic acids is 1. The van der Waals surface area contributed by atoms with Crippen LogP contribution < -0.4 is 0 Å². The standard InChI is InChI=1S/C13H19N3O3/c1-13(2,3)19-12(17)8-10(9-15-16-14)7-11-5-4-6-18-11/h4-6,10H,7-9H2,1-3H3/t10-/m0/s1. The number of hydrogen-bond acceptors (Lipinski definition) is 4. The summed E-state index contributed by atoms with van der Waals surface area (Å²) in [4.78, 5) is 14.5. The number of nitrogens with zero attached hydrogens (tertiary/aromatic N) is 3. The van der Waals surface area contributed by atoms with E-state index in [9.17, 15) is 4.79 Å². The molecule has 0 aliphatic rings. The van der Waals surface area contributed by atoms with Gasteiger partial charge in [0.25, 0.3) is 0 Å². The van der Waals surface area contributed by atoms with Crippen LogP contribution >= 0.6 is 0 Å². The van der Waals surface area contributed by atoms with Crippen LogP contribution in [0.3, 0.4) is 0 Å². The fraction of sp³-hybridized carbons (Fsp3) is 0.615. The maximum Gasteiger partial charge on any atom is 0.306 e. The highest BCUT2D eigenvalue weighted by Gasteiger charge is 2.21. The molecule has 0 N–H and O–H groups in total. The van der Waals surface area contributed by atoms with E-state index in [1.54, 1.807) is 12.3 Å². The molecule has 1 aromatic rings. The molecule has 0 bridgehead atoms. The van der Waals surface area contributed by atoms with Gasteiger partial charge in [0.2, 0.25) is 0 Å². The van der Waals surface area contributed by atoms with Gasteiger partial charge in [-0.3, -0.25) is 4.79 Å². The number of carbonyl (C=O) groups is 1. The average Bonchev–Trinajstić information content (AvgIpc) is 2.75. The first-order valence-electron chi connectivity index (χ1n) is 6.16.